The van der Waals surface area contributed by atoms with Gasteiger partial charge in [0.2, 0.25) is 0 Å². The first kappa shape index (κ1) is 5.16. The zero-order valence-electron chi connectivity index (χ0n) is 5.01. The van der Waals surface area contributed by atoms with Crippen LogP contribution in [0.4, 0.5) is 0 Å². The van der Waals surface area contributed by atoms with E-state index in [0.717, 1.165) is 0 Å². The number of ether oxygens (including phenoxy) is 1. The molecule has 1 aromatic rings. The lowest BCUT2D eigenvalue weighted by Crippen LogP contribution is -1.90. The fourth-order valence-corrected chi connectivity index (χ4v) is 0.655. The van der Waals surface area contributed by atoms with Crippen LogP contribution in [0.3, 0.4) is 0 Å². The average Bonchev–Trinajstić information content (AvgIpc) is 2.28. The molecule has 0 saturated carbocycles. The molecule has 0 amide bonds. The molecular weight excluding hydrogens is 132 g/mol. The van der Waals surface area contributed by atoms with Gasteiger partial charge in [-0.2, -0.15) is 4.68 Å². The third-order valence-corrected chi connectivity index (χ3v) is 1.09. The molecule has 0 bridgehead atoms. The van der Waals surface area contributed by atoms with E-state index < -0.39 is 0 Å². The minimum atomic E-state index is 0.661. The predicted octanol–water partition coefficient (Wildman–Crippen LogP) is 0.102. The summed E-state index contributed by atoms with van der Waals surface area (Å²) < 4.78 is 6.36. The lowest BCUT2D eigenvalue weighted by atomic mass is 10.6. The Kier molecular flexibility index (Phi) is 1.00. The first-order valence-corrected chi connectivity index (χ1v) is 2.73. The molecule has 0 spiro atoms. The molecule has 0 radical (unpaired) electrons. The molecule has 50 valence electrons. The maximum atomic E-state index is 4.85. The van der Waals surface area contributed by atoms with Crippen LogP contribution in [0.25, 0.3) is 12.3 Å². The second kappa shape index (κ2) is 1.94. The molecule has 5 heteroatoms. The Morgan fingerprint density at radius 3 is 3.40 bits per heavy atom. The van der Waals surface area contributed by atoms with Gasteiger partial charge in [0.25, 0.3) is 0 Å². The van der Waals surface area contributed by atoms with Crippen LogP contribution in [-0.2, 0) is 4.74 Å². The molecule has 1 aliphatic rings. The summed E-state index contributed by atoms with van der Waals surface area (Å²) in [7, 11) is 0. The monoisotopic (exact) mass is 136 g/mol. The number of tetrazole rings is 1. The molecule has 0 unspecified atom stereocenters. The van der Waals surface area contributed by atoms with Crippen molar-refractivity contribution in [2.24, 2.45) is 0 Å². The van der Waals surface area contributed by atoms with Gasteiger partial charge in [-0.3, -0.25) is 0 Å². The molecular formula is C5H4N4O. The van der Waals surface area contributed by atoms with E-state index in [1.165, 1.54) is 17.2 Å². The van der Waals surface area contributed by atoms with Crippen molar-refractivity contribution >= 4 is 12.3 Å². The van der Waals surface area contributed by atoms with Gasteiger partial charge in [0.1, 0.15) is 6.26 Å². The van der Waals surface area contributed by atoms with Crippen LogP contribution in [-0.4, -0.2) is 20.2 Å². The highest BCUT2D eigenvalue weighted by atomic mass is 16.5. The fourth-order valence-electron chi connectivity index (χ4n) is 0.655. The van der Waals surface area contributed by atoms with E-state index in [1.807, 2.05) is 0 Å². The molecule has 0 aliphatic carbocycles. The van der Waals surface area contributed by atoms with Gasteiger partial charge in [0, 0.05) is 6.08 Å². The van der Waals surface area contributed by atoms with Crippen molar-refractivity contribution in [3.05, 3.63) is 18.3 Å². The molecule has 0 saturated heterocycles. The Hall–Kier alpha value is -1.65. The van der Waals surface area contributed by atoms with E-state index in [2.05, 4.69) is 15.5 Å². The molecule has 5 nitrogen and oxygen atoms in total. The van der Waals surface area contributed by atoms with Gasteiger partial charge in [-0.25, -0.2) is 0 Å². The zero-order valence-corrected chi connectivity index (χ0v) is 5.01. The molecule has 1 aromatic heterocycles. The van der Waals surface area contributed by atoms with Crippen molar-refractivity contribution in [2.75, 3.05) is 0 Å². The summed E-state index contributed by atoms with van der Waals surface area (Å²) in [4.78, 5) is 0. The van der Waals surface area contributed by atoms with Gasteiger partial charge >= 0.3 is 0 Å². The number of hydrogen-bond acceptors (Lipinski definition) is 4. The summed E-state index contributed by atoms with van der Waals surface area (Å²) in [5.41, 5.74) is 0. The fraction of sp³-hybridized carbons (Fsp3) is 0. The molecule has 0 N–H and O–H groups in total. The van der Waals surface area contributed by atoms with Crippen LogP contribution in [0.1, 0.15) is 5.82 Å². The second-order valence-electron chi connectivity index (χ2n) is 1.71. The number of hydrogen-bond donors (Lipinski definition) is 0. The number of aromatic nitrogens is 4. The van der Waals surface area contributed by atoms with E-state index in [-0.39, 0.29) is 0 Å². The van der Waals surface area contributed by atoms with Crippen LogP contribution in [0.15, 0.2) is 12.5 Å². The van der Waals surface area contributed by atoms with Crippen LogP contribution in [0, 0.1) is 0 Å². The summed E-state index contributed by atoms with van der Waals surface area (Å²) in [5.74, 6) is 0.661. The summed E-state index contributed by atoms with van der Waals surface area (Å²) in [5, 5.41) is 10.8. The number of nitrogens with zero attached hydrogens (tertiary/aromatic N) is 4. The molecule has 0 fully saturated rings. The van der Waals surface area contributed by atoms with Crippen molar-refractivity contribution in [3.8, 4) is 0 Å². The lowest BCUT2D eigenvalue weighted by molar-refractivity contribution is 0.409. The van der Waals surface area contributed by atoms with E-state index in [9.17, 15) is 0 Å². The SMILES string of the molecule is C1=Cc2nnnn2C=CO1. The van der Waals surface area contributed by atoms with Crippen molar-refractivity contribution in [1.82, 2.24) is 20.2 Å². The van der Waals surface area contributed by atoms with Gasteiger partial charge in [0.15, 0.2) is 5.82 Å². The first-order valence-electron chi connectivity index (χ1n) is 2.73. The quantitative estimate of drug-likeness (QED) is 0.507. The predicted molar refractivity (Wildman–Crippen MR) is 33.3 cm³/mol. The van der Waals surface area contributed by atoms with Gasteiger partial charge < -0.3 is 4.74 Å². The van der Waals surface area contributed by atoms with E-state index in [4.69, 9.17) is 4.74 Å². The van der Waals surface area contributed by atoms with Gasteiger partial charge in [-0.1, -0.05) is 0 Å². The summed E-state index contributed by atoms with van der Waals surface area (Å²) in [6.07, 6.45) is 6.34. The maximum Gasteiger partial charge on any atom is 0.182 e. The standard InChI is InChI=1S/C5H4N4O/c1-3-10-4-2-9-5(1)6-7-8-9/h1-4H. The largest absolute Gasteiger partial charge is 0.471 e. The molecule has 1 aliphatic heterocycles. The molecule has 2 rings (SSSR count). The lowest BCUT2D eigenvalue weighted by Gasteiger charge is -1.84. The van der Waals surface area contributed by atoms with Crippen LogP contribution >= 0.6 is 0 Å². The van der Waals surface area contributed by atoms with Crippen molar-refractivity contribution in [1.29, 1.82) is 0 Å². The first-order chi connectivity index (χ1) is 4.97. The third kappa shape index (κ3) is 0.680. The van der Waals surface area contributed by atoms with E-state index >= 15 is 0 Å². The Labute approximate surface area is 56.6 Å². The smallest absolute Gasteiger partial charge is 0.182 e. The normalized spacial score (nSPS) is 14.0. The molecule has 0 aromatic carbocycles. The molecule has 0 atom stereocenters. The Morgan fingerprint density at radius 2 is 2.40 bits per heavy atom. The second-order valence-corrected chi connectivity index (χ2v) is 1.71. The summed E-state index contributed by atoms with van der Waals surface area (Å²) >= 11 is 0. The Bertz CT molecular complexity index is 261. The highest BCUT2D eigenvalue weighted by molar-refractivity contribution is 5.42. The summed E-state index contributed by atoms with van der Waals surface area (Å²) in [6, 6.07) is 0. The van der Waals surface area contributed by atoms with Crippen LogP contribution in [0.2, 0.25) is 0 Å². The van der Waals surface area contributed by atoms with Crippen LogP contribution < -0.4 is 0 Å². The number of fused-ring (bicyclic) bond motifs is 1. The molecule has 10 heavy (non-hydrogen) atoms. The zero-order chi connectivity index (χ0) is 6.81. The molecule has 2 heterocycles. The van der Waals surface area contributed by atoms with Gasteiger partial charge in [0.05, 0.1) is 12.5 Å². The Balaban J connectivity index is 2.56. The van der Waals surface area contributed by atoms with Gasteiger partial charge in [-0.05, 0) is 10.4 Å². The highest BCUT2D eigenvalue weighted by Gasteiger charge is 1.99. The average molecular weight is 136 g/mol. The van der Waals surface area contributed by atoms with Crippen molar-refractivity contribution in [3.63, 3.8) is 0 Å². The maximum absolute atomic E-state index is 4.85. The highest BCUT2D eigenvalue weighted by Crippen LogP contribution is 2.00. The van der Waals surface area contributed by atoms with E-state index in [0.29, 0.717) is 5.82 Å². The third-order valence-electron chi connectivity index (χ3n) is 1.09. The number of rotatable bonds is 0. The topological polar surface area (TPSA) is 52.8 Å². The van der Waals surface area contributed by atoms with Crippen molar-refractivity contribution < 1.29 is 4.74 Å². The summed E-state index contributed by atoms with van der Waals surface area (Å²) in [6.45, 7) is 0. The minimum absolute atomic E-state index is 0.661. The van der Waals surface area contributed by atoms with Gasteiger partial charge in [-0.15, -0.1) is 5.10 Å². The Morgan fingerprint density at radius 1 is 1.40 bits per heavy atom. The minimum Gasteiger partial charge on any atom is -0.471 e. The van der Waals surface area contributed by atoms with Crippen LogP contribution in [0.5, 0.6) is 0 Å². The van der Waals surface area contributed by atoms with E-state index in [1.54, 1.807) is 12.3 Å². The van der Waals surface area contributed by atoms with Crippen molar-refractivity contribution in [2.45, 2.75) is 0 Å².